The monoisotopic (exact) mass is 604 g/mol. The van der Waals surface area contributed by atoms with E-state index in [1.54, 1.807) is 30.9 Å². The summed E-state index contributed by atoms with van der Waals surface area (Å²) in [6, 6.07) is 13.2. The average molecular weight is 605 g/mol. The number of aromatic nitrogens is 6. The molecule has 1 amide bonds. The van der Waals surface area contributed by atoms with Gasteiger partial charge in [0.25, 0.3) is 5.91 Å². The van der Waals surface area contributed by atoms with Crippen LogP contribution in [0.3, 0.4) is 0 Å². The number of nitrogens with zero attached hydrogens (tertiary/aromatic N) is 6. The molecule has 11 nitrogen and oxygen atoms in total. The fraction of sp³-hybridized carbons (Fsp3) is 0.0938. The topological polar surface area (TPSA) is 162 Å². The first kappa shape index (κ1) is 27.7. The Balaban J connectivity index is 1.29. The number of nitrogens with one attached hydrogen (secondary N) is 1. The van der Waals surface area contributed by atoms with E-state index in [0.717, 1.165) is 22.9 Å². The number of pyridine rings is 2. The molecule has 0 spiro atoms. The third-order valence-corrected chi connectivity index (χ3v) is 7.76. The molecular weight excluding hydrogens is 582 g/mol. The Bertz CT molecular complexity index is 2150. The second-order valence-corrected chi connectivity index (χ2v) is 10.4. The molecule has 1 atom stereocenters. The molecule has 13 heteroatoms. The van der Waals surface area contributed by atoms with E-state index < -0.39 is 40.5 Å². The highest BCUT2D eigenvalue weighted by molar-refractivity contribution is 5.97. The van der Waals surface area contributed by atoms with Gasteiger partial charge in [0, 0.05) is 24.3 Å². The summed E-state index contributed by atoms with van der Waals surface area (Å²) in [6.07, 6.45) is 7.61. The number of nitrogens with two attached hydrogens (primary N) is 1. The molecule has 0 aliphatic heterocycles. The van der Waals surface area contributed by atoms with Crippen molar-refractivity contribution < 1.29 is 23.5 Å². The van der Waals surface area contributed by atoms with Gasteiger partial charge in [-0.3, -0.25) is 24.1 Å². The zero-order valence-electron chi connectivity index (χ0n) is 23.3. The summed E-state index contributed by atoms with van der Waals surface area (Å²) in [5, 5.41) is 12.4. The Hall–Kier alpha value is -6.11. The van der Waals surface area contributed by atoms with E-state index in [1.165, 1.54) is 0 Å². The van der Waals surface area contributed by atoms with Crippen molar-refractivity contribution in [2.24, 2.45) is 0 Å². The lowest BCUT2D eigenvalue weighted by molar-refractivity contribution is 0.0931. The maximum atomic E-state index is 14.5. The number of carbonyl (C=O) groups excluding carboxylic acids is 2. The molecule has 1 aliphatic carbocycles. The van der Waals surface area contributed by atoms with Gasteiger partial charge in [0.15, 0.2) is 29.3 Å². The molecule has 0 fully saturated rings. The summed E-state index contributed by atoms with van der Waals surface area (Å²) in [7, 11) is 0. The Labute approximate surface area is 253 Å². The van der Waals surface area contributed by atoms with Crippen LogP contribution in [0.15, 0.2) is 73.3 Å². The predicted octanol–water partition coefficient (Wildman–Crippen LogP) is 4.74. The van der Waals surface area contributed by atoms with E-state index >= 15 is 0 Å². The largest absolute Gasteiger partial charge is 0.504 e. The first-order chi connectivity index (χ1) is 21.8. The van der Waals surface area contributed by atoms with Gasteiger partial charge in [0.1, 0.15) is 17.0 Å². The van der Waals surface area contributed by atoms with Crippen molar-refractivity contribution in [3.8, 4) is 34.2 Å². The lowest BCUT2D eigenvalue weighted by atomic mass is 10.0. The van der Waals surface area contributed by atoms with Crippen molar-refractivity contribution in [2.75, 3.05) is 5.73 Å². The lowest BCUT2D eigenvalue weighted by Crippen LogP contribution is -2.28. The SMILES string of the molecule is Nc1ncccc1-c1nc2ccc(-c3cnccn3)nc2n1-c1ccc2c(c1)CC[C@@H]2NC(=O)c1cc(C=O)c(O)c(F)c1F. The number of hydrogen-bond acceptors (Lipinski definition) is 9. The van der Waals surface area contributed by atoms with Crippen LogP contribution in [-0.2, 0) is 6.42 Å². The standard InChI is InChI=1S/C32H22F2N8O3/c33-26-21(13-17(15-43)28(44)27(26)34)32(45)41-22-6-3-16-12-18(4-5-19(16)22)42-30(20-2-1-9-38-29(20)35)40-24-8-7-23(39-31(24)42)25-14-36-10-11-37-25/h1-2,4-5,7-15,22,44H,3,6H2,(H2,35,38)(H,41,45)/t22-/m0/s1. The Kier molecular flexibility index (Phi) is 6.69. The fourth-order valence-corrected chi connectivity index (χ4v) is 5.58. The number of aryl methyl sites for hydroxylation is 1. The molecule has 4 heterocycles. The molecule has 0 unspecified atom stereocenters. The first-order valence-corrected chi connectivity index (χ1v) is 13.8. The predicted molar refractivity (Wildman–Crippen MR) is 159 cm³/mol. The molecule has 0 bridgehead atoms. The third kappa shape index (κ3) is 4.70. The highest BCUT2D eigenvalue weighted by Crippen LogP contribution is 2.36. The first-order valence-electron chi connectivity index (χ1n) is 13.8. The van der Waals surface area contributed by atoms with Gasteiger partial charge in [-0.25, -0.2) is 19.3 Å². The molecule has 45 heavy (non-hydrogen) atoms. The van der Waals surface area contributed by atoms with E-state index in [2.05, 4.69) is 20.3 Å². The fourth-order valence-electron chi connectivity index (χ4n) is 5.58. The van der Waals surface area contributed by atoms with Crippen molar-refractivity contribution in [1.29, 1.82) is 0 Å². The minimum atomic E-state index is -1.66. The molecule has 2 aromatic carbocycles. The van der Waals surface area contributed by atoms with Crippen LogP contribution in [0.2, 0.25) is 0 Å². The minimum absolute atomic E-state index is 0.152. The molecule has 6 aromatic rings. The zero-order valence-corrected chi connectivity index (χ0v) is 23.3. The van der Waals surface area contributed by atoms with E-state index in [-0.39, 0.29) is 6.29 Å². The quantitative estimate of drug-likeness (QED) is 0.228. The third-order valence-electron chi connectivity index (χ3n) is 7.76. The molecule has 0 saturated carbocycles. The number of phenolic OH excluding ortho intramolecular Hbond substituents is 1. The van der Waals surface area contributed by atoms with Crippen molar-refractivity contribution in [3.05, 3.63) is 107 Å². The van der Waals surface area contributed by atoms with Crippen molar-refractivity contribution in [3.63, 3.8) is 0 Å². The van der Waals surface area contributed by atoms with Gasteiger partial charge in [-0.15, -0.1) is 0 Å². The van der Waals surface area contributed by atoms with E-state index in [4.69, 9.17) is 15.7 Å². The number of halogens is 2. The number of fused-ring (bicyclic) bond motifs is 2. The smallest absolute Gasteiger partial charge is 0.254 e. The Morgan fingerprint density at radius 2 is 1.89 bits per heavy atom. The minimum Gasteiger partial charge on any atom is -0.504 e. The maximum Gasteiger partial charge on any atom is 0.254 e. The van der Waals surface area contributed by atoms with Crippen molar-refractivity contribution in [2.45, 2.75) is 18.9 Å². The van der Waals surface area contributed by atoms with Crippen LogP contribution in [0.25, 0.3) is 39.6 Å². The van der Waals surface area contributed by atoms with Gasteiger partial charge in [0.2, 0.25) is 5.82 Å². The van der Waals surface area contributed by atoms with E-state index in [9.17, 15) is 23.5 Å². The number of benzene rings is 2. The van der Waals surface area contributed by atoms with Crippen molar-refractivity contribution >= 4 is 29.2 Å². The highest BCUT2D eigenvalue weighted by atomic mass is 19.2. The van der Waals surface area contributed by atoms with Gasteiger partial charge in [-0.05, 0) is 66.4 Å². The van der Waals surface area contributed by atoms with E-state index in [1.807, 2.05) is 41.0 Å². The molecule has 0 radical (unpaired) electrons. The number of rotatable bonds is 6. The van der Waals surface area contributed by atoms with Crippen LogP contribution in [0.4, 0.5) is 14.6 Å². The highest BCUT2D eigenvalue weighted by Gasteiger charge is 2.29. The van der Waals surface area contributed by atoms with Gasteiger partial charge in [-0.2, -0.15) is 4.39 Å². The second-order valence-electron chi connectivity index (χ2n) is 10.4. The van der Waals surface area contributed by atoms with Crippen LogP contribution >= 0.6 is 0 Å². The number of anilines is 1. The molecule has 4 aromatic heterocycles. The molecular formula is C32H22F2N8O3. The summed E-state index contributed by atoms with van der Waals surface area (Å²) in [5.41, 5.74) is 10.5. The van der Waals surface area contributed by atoms with Crippen LogP contribution in [0.1, 0.15) is 44.3 Å². The number of carbonyl (C=O) groups is 2. The van der Waals surface area contributed by atoms with Crippen molar-refractivity contribution in [1.82, 2.24) is 34.8 Å². The number of hydrogen-bond donors (Lipinski definition) is 3. The molecule has 7 rings (SSSR count). The lowest BCUT2D eigenvalue weighted by Gasteiger charge is -2.16. The van der Waals surface area contributed by atoms with Gasteiger partial charge in [0.05, 0.1) is 34.6 Å². The number of aldehydes is 1. The zero-order chi connectivity index (χ0) is 31.2. The molecule has 0 saturated heterocycles. The summed E-state index contributed by atoms with van der Waals surface area (Å²) in [4.78, 5) is 46.7. The molecule has 222 valence electrons. The number of imidazole rings is 1. The van der Waals surface area contributed by atoms with Gasteiger partial charge >= 0.3 is 0 Å². The van der Waals surface area contributed by atoms with Crippen LogP contribution in [-0.4, -0.2) is 46.8 Å². The van der Waals surface area contributed by atoms with Gasteiger partial charge < -0.3 is 16.2 Å². The normalized spacial score (nSPS) is 14.0. The molecule has 1 aliphatic rings. The summed E-state index contributed by atoms with van der Waals surface area (Å²) >= 11 is 0. The number of phenols is 1. The molecule has 4 N–H and O–H groups in total. The number of amides is 1. The van der Waals surface area contributed by atoms with Crippen LogP contribution < -0.4 is 11.1 Å². The second kappa shape index (κ2) is 10.9. The Morgan fingerprint density at radius 1 is 1.02 bits per heavy atom. The van der Waals surface area contributed by atoms with E-state index in [0.29, 0.717) is 52.6 Å². The van der Waals surface area contributed by atoms with Crippen LogP contribution in [0, 0.1) is 11.6 Å². The number of aromatic hydroxyl groups is 1. The van der Waals surface area contributed by atoms with Crippen LogP contribution in [0.5, 0.6) is 5.75 Å². The average Bonchev–Trinajstić information content (AvgIpc) is 3.64. The summed E-state index contributed by atoms with van der Waals surface area (Å²) < 4.78 is 30.6. The summed E-state index contributed by atoms with van der Waals surface area (Å²) in [6.45, 7) is 0. The summed E-state index contributed by atoms with van der Waals surface area (Å²) in [5.74, 6) is -4.43. The van der Waals surface area contributed by atoms with Gasteiger partial charge in [-0.1, -0.05) is 6.07 Å². The Morgan fingerprint density at radius 3 is 2.67 bits per heavy atom. The number of nitrogen functional groups attached to an aromatic ring is 1. The maximum absolute atomic E-state index is 14.5.